The first-order valence-corrected chi connectivity index (χ1v) is 8.18. The first-order valence-electron chi connectivity index (χ1n) is 6.50. The Balaban J connectivity index is 2.14. The summed E-state index contributed by atoms with van der Waals surface area (Å²) in [4.78, 5) is 24.2. The van der Waals surface area contributed by atoms with Crippen LogP contribution in [0.15, 0.2) is 15.9 Å². The molecule has 5 heteroatoms. The molecule has 0 saturated heterocycles. The van der Waals surface area contributed by atoms with Gasteiger partial charge in [0.15, 0.2) is 5.78 Å². The van der Waals surface area contributed by atoms with Crippen molar-refractivity contribution in [1.29, 1.82) is 0 Å². The Morgan fingerprint density at radius 3 is 2.47 bits per heavy atom. The summed E-state index contributed by atoms with van der Waals surface area (Å²) in [7, 11) is 0. The van der Waals surface area contributed by atoms with Gasteiger partial charge in [0.25, 0.3) is 0 Å². The fraction of sp³-hybridized carbons (Fsp3) is 0.571. The van der Waals surface area contributed by atoms with Gasteiger partial charge in [-0.05, 0) is 45.6 Å². The van der Waals surface area contributed by atoms with Crippen LogP contribution >= 0.6 is 27.3 Å². The van der Waals surface area contributed by atoms with Crippen LogP contribution in [0.1, 0.15) is 54.6 Å². The summed E-state index contributed by atoms with van der Waals surface area (Å²) < 4.78 is 0.823. The molecule has 2 rings (SSSR count). The molecule has 1 fully saturated rings. The molecule has 1 aliphatic carbocycles. The lowest BCUT2D eigenvalue weighted by Crippen LogP contribution is -2.30. The zero-order chi connectivity index (χ0) is 13.9. The van der Waals surface area contributed by atoms with Crippen LogP contribution in [0.2, 0.25) is 0 Å². The third-order valence-electron chi connectivity index (χ3n) is 3.85. The van der Waals surface area contributed by atoms with Crippen molar-refractivity contribution in [1.82, 2.24) is 0 Å². The van der Waals surface area contributed by atoms with Crippen molar-refractivity contribution in [3.8, 4) is 0 Å². The fourth-order valence-electron chi connectivity index (χ4n) is 2.95. The average Bonchev–Trinajstić information content (AvgIpc) is 2.75. The zero-order valence-corrected chi connectivity index (χ0v) is 13.1. The SMILES string of the molecule is O=C(O)CC1(CC(=O)c2sccc2Br)CCCCC1. The molecule has 3 nitrogen and oxygen atoms in total. The second kappa shape index (κ2) is 6.18. The Bertz CT molecular complexity index is 475. The summed E-state index contributed by atoms with van der Waals surface area (Å²) in [5, 5.41) is 11.0. The highest BCUT2D eigenvalue weighted by atomic mass is 79.9. The van der Waals surface area contributed by atoms with Crippen LogP contribution in [0.4, 0.5) is 0 Å². The van der Waals surface area contributed by atoms with Gasteiger partial charge in [0.05, 0.1) is 11.3 Å². The molecular formula is C14H17BrO3S. The van der Waals surface area contributed by atoms with Crippen LogP contribution < -0.4 is 0 Å². The van der Waals surface area contributed by atoms with E-state index in [9.17, 15) is 9.59 Å². The molecule has 1 heterocycles. The van der Waals surface area contributed by atoms with Crippen molar-refractivity contribution in [2.45, 2.75) is 44.9 Å². The minimum atomic E-state index is -0.792. The van der Waals surface area contributed by atoms with Crippen molar-refractivity contribution in [3.63, 3.8) is 0 Å². The van der Waals surface area contributed by atoms with Gasteiger partial charge >= 0.3 is 5.97 Å². The molecule has 1 aliphatic rings. The van der Waals surface area contributed by atoms with E-state index in [4.69, 9.17) is 5.11 Å². The summed E-state index contributed by atoms with van der Waals surface area (Å²) in [5.41, 5.74) is -0.329. The Morgan fingerprint density at radius 1 is 1.26 bits per heavy atom. The van der Waals surface area contributed by atoms with E-state index < -0.39 is 5.97 Å². The molecule has 1 N–H and O–H groups in total. The topological polar surface area (TPSA) is 54.4 Å². The average molecular weight is 345 g/mol. The number of ketones is 1. The summed E-state index contributed by atoms with van der Waals surface area (Å²) in [6.45, 7) is 0. The van der Waals surface area contributed by atoms with Gasteiger partial charge in [-0.2, -0.15) is 0 Å². The van der Waals surface area contributed by atoms with Crippen LogP contribution in [0, 0.1) is 5.41 Å². The molecule has 0 aliphatic heterocycles. The largest absolute Gasteiger partial charge is 0.481 e. The summed E-state index contributed by atoms with van der Waals surface area (Å²) in [6.07, 6.45) is 5.40. The van der Waals surface area contributed by atoms with Gasteiger partial charge in [0.1, 0.15) is 0 Å². The molecule has 0 spiro atoms. The smallest absolute Gasteiger partial charge is 0.303 e. The Labute approximate surface area is 125 Å². The second-order valence-corrected chi connectivity index (χ2v) is 7.10. The van der Waals surface area contributed by atoms with Crippen molar-refractivity contribution in [2.75, 3.05) is 0 Å². The minimum absolute atomic E-state index is 0.0741. The summed E-state index contributed by atoms with van der Waals surface area (Å²) in [6, 6.07) is 1.86. The standard InChI is InChI=1S/C14H17BrO3S/c15-10-4-7-19-13(10)11(16)8-14(9-12(17)18)5-2-1-3-6-14/h4,7H,1-3,5-6,8-9H2,(H,17,18). The van der Waals surface area contributed by atoms with Gasteiger partial charge < -0.3 is 5.11 Å². The van der Waals surface area contributed by atoms with Crippen LogP contribution in [0.25, 0.3) is 0 Å². The summed E-state index contributed by atoms with van der Waals surface area (Å²) >= 11 is 4.79. The lowest BCUT2D eigenvalue weighted by molar-refractivity contribution is -0.140. The van der Waals surface area contributed by atoms with Gasteiger partial charge in [-0.25, -0.2) is 0 Å². The normalized spacial score (nSPS) is 18.2. The third-order valence-corrected chi connectivity index (χ3v) is 5.73. The molecule has 1 aromatic heterocycles. The number of Topliss-reactive ketones (excluding diaryl/α,β-unsaturated/α-hetero) is 1. The van der Waals surface area contributed by atoms with Gasteiger partial charge in [0, 0.05) is 10.9 Å². The van der Waals surface area contributed by atoms with Crippen LogP contribution in [0.3, 0.4) is 0 Å². The van der Waals surface area contributed by atoms with Crippen molar-refractivity contribution >= 4 is 39.0 Å². The third kappa shape index (κ3) is 3.66. The van der Waals surface area contributed by atoms with Crippen molar-refractivity contribution < 1.29 is 14.7 Å². The maximum atomic E-state index is 12.4. The number of halogens is 1. The molecule has 0 atom stereocenters. The number of carbonyl (C=O) groups excluding carboxylic acids is 1. The van der Waals surface area contributed by atoms with Gasteiger partial charge in [-0.15, -0.1) is 11.3 Å². The Hall–Kier alpha value is -0.680. The first-order chi connectivity index (χ1) is 9.02. The van der Waals surface area contributed by atoms with Gasteiger partial charge in [-0.1, -0.05) is 19.3 Å². The number of carbonyl (C=O) groups is 2. The summed E-state index contributed by atoms with van der Waals surface area (Å²) in [5.74, 6) is -0.718. The molecule has 0 aromatic carbocycles. The van der Waals surface area contributed by atoms with Crippen molar-refractivity contribution in [2.24, 2.45) is 5.41 Å². The number of carboxylic acid groups (broad SMARTS) is 1. The molecule has 0 bridgehead atoms. The molecule has 0 unspecified atom stereocenters. The first kappa shape index (κ1) is 14.7. The highest BCUT2D eigenvalue weighted by molar-refractivity contribution is 9.10. The lowest BCUT2D eigenvalue weighted by Gasteiger charge is -2.35. The number of thiophene rings is 1. The quantitative estimate of drug-likeness (QED) is 0.799. The fourth-order valence-corrected chi connectivity index (χ4v) is 4.49. The molecule has 0 radical (unpaired) electrons. The molecule has 104 valence electrons. The van der Waals surface area contributed by atoms with E-state index in [-0.39, 0.29) is 17.6 Å². The second-order valence-electron chi connectivity index (χ2n) is 5.33. The van der Waals surface area contributed by atoms with Crippen LogP contribution in [0.5, 0.6) is 0 Å². The molecule has 1 aromatic rings. The minimum Gasteiger partial charge on any atom is -0.481 e. The maximum Gasteiger partial charge on any atom is 0.303 e. The van der Waals surface area contributed by atoms with E-state index in [0.29, 0.717) is 6.42 Å². The Kier molecular flexibility index (Phi) is 4.79. The van der Waals surface area contributed by atoms with Crippen LogP contribution in [-0.2, 0) is 4.79 Å². The van der Waals surface area contributed by atoms with Gasteiger partial charge in [-0.3, -0.25) is 9.59 Å². The highest BCUT2D eigenvalue weighted by Crippen LogP contribution is 2.43. The number of rotatable bonds is 5. The Morgan fingerprint density at radius 2 is 1.95 bits per heavy atom. The van der Waals surface area contributed by atoms with Crippen LogP contribution in [-0.4, -0.2) is 16.9 Å². The number of carboxylic acids is 1. The van der Waals surface area contributed by atoms with E-state index in [2.05, 4.69) is 15.9 Å². The van der Waals surface area contributed by atoms with Crippen molar-refractivity contribution in [3.05, 3.63) is 20.8 Å². The molecule has 1 saturated carbocycles. The van der Waals surface area contributed by atoms with E-state index >= 15 is 0 Å². The highest BCUT2D eigenvalue weighted by Gasteiger charge is 2.37. The molecule has 0 amide bonds. The predicted octanol–water partition coefficient (Wildman–Crippen LogP) is 4.51. The monoisotopic (exact) mass is 344 g/mol. The number of aliphatic carboxylic acids is 1. The van der Waals surface area contributed by atoms with E-state index in [0.717, 1.165) is 41.5 Å². The van der Waals surface area contributed by atoms with E-state index in [1.54, 1.807) is 0 Å². The number of hydrogen-bond donors (Lipinski definition) is 1. The maximum absolute atomic E-state index is 12.4. The van der Waals surface area contributed by atoms with E-state index in [1.165, 1.54) is 11.3 Å². The molecule has 19 heavy (non-hydrogen) atoms. The van der Waals surface area contributed by atoms with Gasteiger partial charge in [0.2, 0.25) is 0 Å². The predicted molar refractivity (Wildman–Crippen MR) is 78.7 cm³/mol. The molecular weight excluding hydrogens is 328 g/mol. The lowest BCUT2D eigenvalue weighted by atomic mass is 9.69. The number of hydrogen-bond acceptors (Lipinski definition) is 3. The zero-order valence-electron chi connectivity index (χ0n) is 10.7. The van der Waals surface area contributed by atoms with E-state index in [1.807, 2.05) is 11.4 Å².